The highest BCUT2D eigenvalue weighted by Crippen LogP contribution is 2.22. The first-order valence-electron chi connectivity index (χ1n) is 6.27. The number of rotatable bonds is 5. The molecule has 0 fully saturated rings. The minimum absolute atomic E-state index is 0.298. The van der Waals surface area contributed by atoms with Crippen molar-refractivity contribution in [1.82, 2.24) is 10.1 Å². The number of hydrogen-bond acceptors (Lipinski definition) is 4. The minimum atomic E-state index is -1.28. The SMILES string of the molecule is CCc1noc(C)c1C(=O)N(CC)C(C)(C)C(=O)O. The summed E-state index contributed by atoms with van der Waals surface area (Å²) in [4.78, 5) is 25.2. The molecule has 6 heteroatoms. The lowest BCUT2D eigenvalue weighted by atomic mass is 10.0. The summed E-state index contributed by atoms with van der Waals surface area (Å²) in [5.74, 6) is -0.984. The molecule has 0 saturated carbocycles. The predicted molar refractivity (Wildman–Crippen MR) is 69.0 cm³/mol. The van der Waals surface area contributed by atoms with Crippen molar-refractivity contribution < 1.29 is 19.2 Å². The van der Waals surface area contributed by atoms with E-state index in [4.69, 9.17) is 4.52 Å². The number of nitrogens with zero attached hydrogens (tertiary/aromatic N) is 2. The highest BCUT2D eigenvalue weighted by molar-refractivity contribution is 5.99. The highest BCUT2D eigenvalue weighted by atomic mass is 16.5. The van der Waals surface area contributed by atoms with Gasteiger partial charge in [-0.1, -0.05) is 12.1 Å². The van der Waals surface area contributed by atoms with Crippen LogP contribution in [0.15, 0.2) is 4.52 Å². The number of aryl methyl sites for hydroxylation is 2. The van der Waals surface area contributed by atoms with Crippen molar-refractivity contribution in [2.45, 2.75) is 46.6 Å². The van der Waals surface area contributed by atoms with Crippen LogP contribution in [0.1, 0.15) is 49.5 Å². The van der Waals surface area contributed by atoms with Gasteiger partial charge in [0.25, 0.3) is 5.91 Å². The van der Waals surface area contributed by atoms with Crippen LogP contribution in [0.25, 0.3) is 0 Å². The summed E-state index contributed by atoms with van der Waals surface area (Å²) in [6, 6.07) is 0. The molecule has 0 saturated heterocycles. The van der Waals surface area contributed by atoms with Crippen LogP contribution in [-0.4, -0.2) is 39.1 Å². The number of carboxylic acid groups (broad SMARTS) is 1. The van der Waals surface area contributed by atoms with Crippen molar-refractivity contribution in [3.8, 4) is 0 Å². The van der Waals surface area contributed by atoms with Gasteiger partial charge in [-0.25, -0.2) is 4.79 Å². The van der Waals surface area contributed by atoms with E-state index in [-0.39, 0.29) is 5.91 Å². The Morgan fingerprint density at radius 2 is 1.95 bits per heavy atom. The van der Waals surface area contributed by atoms with Crippen LogP contribution in [0, 0.1) is 6.92 Å². The second-order valence-corrected chi connectivity index (χ2v) is 4.83. The fourth-order valence-corrected chi connectivity index (χ4v) is 1.98. The van der Waals surface area contributed by atoms with E-state index in [1.54, 1.807) is 13.8 Å². The van der Waals surface area contributed by atoms with Gasteiger partial charge >= 0.3 is 5.97 Å². The lowest BCUT2D eigenvalue weighted by molar-refractivity contribution is -0.147. The van der Waals surface area contributed by atoms with Crippen molar-refractivity contribution >= 4 is 11.9 Å². The summed E-state index contributed by atoms with van der Waals surface area (Å²) in [6.45, 7) is 8.58. The Morgan fingerprint density at radius 1 is 1.37 bits per heavy atom. The quantitative estimate of drug-likeness (QED) is 0.881. The molecule has 1 N–H and O–H groups in total. The monoisotopic (exact) mass is 268 g/mol. The molecule has 0 radical (unpaired) electrons. The zero-order chi connectivity index (χ0) is 14.8. The van der Waals surface area contributed by atoms with E-state index < -0.39 is 11.5 Å². The van der Waals surface area contributed by atoms with Gasteiger partial charge in [0, 0.05) is 6.54 Å². The zero-order valence-electron chi connectivity index (χ0n) is 12.0. The summed E-state index contributed by atoms with van der Waals surface area (Å²) in [6.07, 6.45) is 0.559. The van der Waals surface area contributed by atoms with Crippen molar-refractivity contribution in [3.63, 3.8) is 0 Å². The predicted octanol–water partition coefficient (Wildman–Crippen LogP) is 1.87. The number of aromatic nitrogens is 1. The Kier molecular flexibility index (Phi) is 4.34. The van der Waals surface area contributed by atoms with Gasteiger partial charge in [0.15, 0.2) is 0 Å². The first kappa shape index (κ1) is 15.2. The maximum atomic E-state index is 12.6. The Bertz CT molecular complexity index is 491. The molecule has 106 valence electrons. The molecule has 0 aliphatic rings. The van der Waals surface area contributed by atoms with Gasteiger partial charge in [-0.3, -0.25) is 4.79 Å². The van der Waals surface area contributed by atoms with Gasteiger partial charge in [0.1, 0.15) is 16.9 Å². The zero-order valence-corrected chi connectivity index (χ0v) is 12.0. The van der Waals surface area contributed by atoms with Crippen LogP contribution in [0.3, 0.4) is 0 Å². The summed E-state index contributed by atoms with van der Waals surface area (Å²) in [5, 5.41) is 13.1. The van der Waals surface area contributed by atoms with Gasteiger partial charge in [-0.15, -0.1) is 0 Å². The van der Waals surface area contributed by atoms with E-state index in [0.29, 0.717) is 30.0 Å². The molecule has 0 aliphatic heterocycles. The van der Waals surface area contributed by atoms with Crippen molar-refractivity contribution in [2.75, 3.05) is 6.54 Å². The summed E-state index contributed by atoms with van der Waals surface area (Å²) >= 11 is 0. The minimum Gasteiger partial charge on any atom is -0.480 e. The lowest BCUT2D eigenvalue weighted by Crippen LogP contribution is -2.53. The number of carbonyl (C=O) groups excluding carboxylic acids is 1. The molecule has 1 amide bonds. The molecule has 0 aromatic carbocycles. The van der Waals surface area contributed by atoms with E-state index in [0.717, 1.165) is 0 Å². The number of carboxylic acids is 1. The lowest BCUT2D eigenvalue weighted by Gasteiger charge is -2.34. The molecule has 0 spiro atoms. The van der Waals surface area contributed by atoms with E-state index >= 15 is 0 Å². The molecule has 1 aromatic rings. The van der Waals surface area contributed by atoms with Crippen LogP contribution >= 0.6 is 0 Å². The summed E-state index contributed by atoms with van der Waals surface area (Å²) < 4.78 is 5.03. The van der Waals surface area contributed by atoms with E-state index in [1.807, 2.05) is 6.92 Å². The normalized spacial score (nSPS) is 11.4. The largest absolute Gasteiger partial charge is 0.480 e. The van der Waals surface area contributed by atoms with E-state index in [9.17, 15) is 14.7 Å². The molecule has 0 aliphatic carbocycles. The Hall–Kier alpha value is -1.85. The van der Waals surface area contributed by atoms with Gasteiger partial charge < -0.3 is 14.5 Å². The molecular weight excluding hydrogens is 248 g/mol. The Labute approximate surface area is 112 Å². The van der Waals surface area contributed by atoms with Crippen LogP contribution in [0.5, 0.6) is 0 Å². The molecule has 0 unspecified atom stereocenters. The summed E-state index contributed by atoms with van der Waals surface area (Å²) in [7, 11) is 0. The smallest absolute Gasteiger partial charge is 0.329 e. The fraction of sp³-hybridized carbons (Fsp3) is 0.615. The van der Waals surface area contributed by atoms with Gasteiger partial charge in [0.05, 0.1) is 5.69 Å². The number of likely N-dealkylation sites (N-methyl/N-ethyl adjacent to an activating group) is 1. The molecule has 1 rings (SSSR count). The van der Waals surface area contributed by atoms with E-state index in [1.165, 1.54) is 18.7 Å². The van der Waals surface area contributed by atoms with Gasteiger partial charge in [0.2, 0.25) is 0 Å². The van der Waals surface area contributed by atoms with Crippen molar-refractivity contribution in [3.05, 3.63) is 17.0 Å². The molecule has 0 atom stereocenters. The van der Waals surface area contributed by atoms with Crippen LogP contribution in [0.2, 0.25) is 0 Å². The summed E-state index contributed by atoms with van der Waals surface area (Å²) in [5.41, 5.74) is -0.346. The first-order chi connectivity index (χ1) is 8.77. The third kappa shape index (κ3) is 2.62. The molecule has 6 nitrogen and oxygen atoms in total. The maximum Gasteiger partial charge on any atom is 0.329 e. The number of aliphatic carboxylic acids is 1. The standard InChI is InChI=1S/C13H20N2O4/c1-6-9-10(8(3)19-14-9)11(16)15(7-2)13(4,5)12(17)18/h6-7H2,1-5H3,(H,17,18). The third-order valence-electron chi connectivity index (χ3n) is 3.24. The number of amides is 1. The molecule has 1 heterocycles. The first-order valence-corrected chi connectivity index (χ1v) is 6.27. The van der Waals surface area contributed by atoms with Crippen LogP contribution in [0.4, 0.5) is 0 Å². The second kappa shape index (κ2) is 5.42. The Morgan fingerprint density at radius 3 is 2.37 bits per heavy atom. The molecule has 0 bridgehead atoms. The van der Waals surface area contributed by atoms with Crippen LogP contribution in [-0.2, 0) is 11.2 Å². The molecule has 1 aromatic heterocycles. The van der Waals surface area contributed by atoms with Gasteiger partial charge in [-0.05, 0) is 34.1 Å². The molecular formula is C13H20N2O4. The topological polar surface area (TPSA) is 83.6 Å². The average molecular weight is 268 g/mol. The average Bonchev–Trinajstić information content (AvgIpc) is 2.70. The third-order valence-corrected chi connectivity index (χ3v) is 3.24. The number of carbonyl (C=O) groups is 2. The van der Waals surface area contributed by atoms with Crippen molar-refractivity contribution in [2.24, 2.45) is 0 Å². The van der Waals surface area contributed by atoms with Crippen molar-refractivity contribution in [1.29, 1.82) is 0 Å². The maximum absolute atomic E-state index is 12.6. The highest BCUT2D eigenvalue weighted by Gasteiger charge is 2.39. The second-order valence-electron chi connectivity index (χ2n) is 4.83. The number of hydrogen-bond donors (Lipinski definition) is 1. The van der Waals surface area contributed by atoms with Gasteiger partial charge in [-0.2, -0.15) is 0 Å². The van der Waals surface area contributed by atoms with Crippen LogP contribution < -0.4 is 0 Å². The Balaban J connectivity index is 3.23. The van der Waals surface area contributed by atoms with E-state index in [2.05, 4.69) is 5.16 Å². The fourth-order valence-electron chi connectivity index (χ4n) is 1.98. The molecule has 19 heavy (non-hydrogen) atoms.